The van der Waals surface area contributed by atoms with Crippen LogP contribution in [0.2, 0.25) is 0 Å². The first-order valence-corrected chi connectivity index (χ1v) is 17.7. The van der Waals surface area contributed by atoms with Crippen LogP contribution in [0.1, 0.15) is 45.7 Å². The standard InChI is InChI=1S/C44H37FN4O7/c1-3-54-43(52)29-17-21-34(22-18-29)46-41(50)38(42(51)47-35-23-19-30(20-24-35)44(53)55-4-2)26-33-27-49(36-13-6-5-7-14-36)48-40(33)31-12-10-15-37(25-31)56-28-32-11-8-9-16-39(32)45/h5-27H,3-4,28H2,1-2H3,(H,46,50)(H,47,51). The number of rotatable bonds is 14. The molecule has 0 aliphatic heterocycles. The fourth-order valence-electron chi connectivity index (χ4n) is 5.53. The van der Waals surface area contributed by atoms with Gasteiger partial charge in [0.2, 0.25) is 0 Å². The number of aromatic nitrogens is 2. The average molecular weight is 753 g/mol. The number of carbonyl (C=O) groups excluding carboxylic acids is 4. The van der Waals surface area contributed by atoms with Crippen molar-refractivity contribution in [1.29, 1.82) is 0 Å². The molecule has 0 saturated heterocycles. The first kappa shape index (κ1) is 38.4. The number of ether oxygens (including phenoxy) is 3. The fraction of sp³-hybridized carbons (Fsp3) is 0.114. The van der Waals surface area contributed by atoms with Gasteiger partial charge in [-0.05, 0) is 98.8 Å². The number of esters is 2. The van der Waals surface area contributed by atoms with E-state index in [1.54, 1.807) is 67.2 Å². The molecule has 0 unspecified atom stereocenters. The van der Waals surface area contributed by atoms with Crippen LogP contribution in [0.25, 0.3) is 23.0 Å². The van der Waals surface area contributed by atoms with Crippen LogP contribution in [0.4, 0.5) is 15.8 Å². The Hall–Kier alpha value is -7.34. The number of benzene rings is 5. The lowest BCUT2D eigenvalue weighted by Gasteiger charge is -2.12. The third kappa shape index (κ3) is 9.60. The molecule has 6 rings (SSSR count). The molecule has 0 atom stereocenters. The Kier molecular flexibility index (Phi) is 12.4. The van der Waals surface area contributed by atoms with Gasteiger partial charge < -0.3 is 24.8 Å². The Morgan fingerprint density at radius 3 is 1.84 bits per heavy atom. The Balaban J connectivity index is 1.38. The van der Waals surface area contributed by atoms with Gasteiger partial charge in [-0.3, -0.25) is 9.59 Å². The highest BCUT2D eigenvalue weighted by atomic mass is 19.1. The molecule has 0 radical (unpaired) electrons. The van der Waals surface area contributed by atoms with Crippen LogP contribution in [0.15, 0.2) is 139 Å². The van der Waals surface area contributed by atoms with E-state index >= 15 is 0 Å². The van der Waals surface area contributed by atoms with E-state index in [-0.39, 0.29) is 31.2 Å². The number of amides is 2. The van der Waals surface area contributed by atoms with Crippen molar-refractivity contribution >= 4 is 41.2 Å². The summed E-state index contributed by atoms with van der Waals surface area (Å²) in [5, 5.41) is 10.4. The minimum atomic E-state index is -0.755. The van der Waals surface area contributed by atoms with E-state index in [9.17, 15) is 23.6 Å². The predicted molar refractivity (Wildman–Crippen MR) is 210 cm³/mol. The molecule has 0 aliphatic carbocycles. The van der Waals surface area contributed by atoms with Crippen LogP contribution in [-0.2, 0) is 25.7 Å². The zero-order chi connectivity index (χ0) is 39.4. The largest absolute Gasteiger partial charge is 0.489 e. The van der Waals surface area contributed by atoms with E-state index in [0.717, 1.165) is 5.69 Å². The van der Waals surface area contributed by atoms with Gasteiger partial charge in [-0.25, -0.2) is 18.7 Å². The third-order valence-electron chi connectivity index (χ3n) is 8.32. The molecule has 282 valence electrons. The molecule has 0 spiro atoms. The van der Waals surface area contributed by atoms with E-state index in [2.05, 4.69) is 10.6 Å². The van der Waals surface area contributed by atoms with Crippen LogP contribution < -0.4 is 15.4 Å². The van der Waals surface area contributed by atoms with Crippen molar-refractivity contribution in [2.75, 3.05) is 23.8 Å². The van der Waals surface area contributed by atoms with Crippen molar-refractivity contribution in [3.8, 4) is 22.7 Å². The topological polar surface area (TPSA) is 138 Å². The Labute approximate surface area is 322 Å². The maximum Gasteiger partial charge on any atom is 0.338 e. The molecule has 0 fully saturated rings. The summed E-state index contributed by atoms with van der Waals surface area (Å²) in [5.74, 6) is -2.47. The zero-order valence-electron chi connectivity index (χ0n) is 30.5. The summed E-state index contributed by atoms with van der Waals surface area (Å²) in [6.07, 6.45) is 3.12. The second kappa shape index (κ2) is 18.1. The number of halogens is 1. The lowest BCUT2D eigenvalue weighted by molar-refractivity contribution is -0.118. The van der Waals surface area contributed by atoms with Crippen LogP contribution in [0.5, 0.6) is 5.75 Å². The molecule has 5 aromatic carbocycles. The van der Waals surface area contributed by atoms with Crippen molar-refractivity contribution in [2.45, 2.75) is 20.5 Å². The normalized spacial score (nSPS) is 10.6. The first-order chi connectivity index (χ1) is 27.2. The smallest absolute Gasteiger partial charge is 0.338 e. The van der Waals surface area contributed by atoms with E-state index < -0.39 is 23.8 Å². The van der Waals surface area contributed by atoms with Gasteiger partial charge in [0, 0.05) is 34.3 Å². The average Bonchev–Trinajstić information content (AvgIpc) is 3.65. The molecule has 0 saturated carbocycles. The minimum Gasteiger partial charge on any atom is -0.489 e. The minimum absolute atomic E-state index is 0.00658. The summed E-state index contributed by atoms with van der Waals surface area (Å²) in [6.45, 7) is 3.81. The van der Waals surface area contributed by atoms with Crippen LogP contribution in [-0.4, -0.2) is 46.7 Å². The number of anilines is 2. The monoisotopic (exact) mass is 752 g/mol. The number of hydrogen-bond acceptors (Lipinski definition) is 8. The van der Waals surface area contributed by atoms with Crippen molar-refractivity contribution < 1.29 is 37.8 Å². The number of nitrogens with zero attached hydrogens (tertiary/aromatic N) is 2. The molecule has 11 nitrogen and oxygen atoms in total. The second-order valence-electron chi connectivity index (χ2n) is 12.2. The third-order valence-corrected chi connectivity index (χ3v) is 8.32. The maximum atomic E-state index is 14.3. The van der Waals surface area contributed by atoms with Gasteiger partial charge in [0.15, 0.2) is 0 Å². The maximum absolute atomic E-state index is 14.3. The predicted octanol–water partition coefficient (Wildman–Crippen LogP) is 8.27. The van der Waals surface area contributed by atoms with E-state index in [1.807, 2.05) is 30.3 Å². The quantitative estimate of drug-likeness (QED) is 0.0491. The molecular weight excluding hydrogens is 716 g/mol. The Morgan fingerprint density at radius 2 is 1.27 bits per heavy atom. The molecule has 56 heavy (non-hydrogen) atoms. The van der Waals surface area contributed by atoms with Gasteiger partial charge >= 0.3 is 11.9 Å². The molecule has 0 aliphatic rings. The molecule has 2 amide bonds. The lowest BCUT2D eigenvalue weighted by Crippen LogP contribution is -2.25. The highest BCUT2D eigenvalue weighted by Gasteiger charge is 2.22. The van der Waals surface area contributed by atoms with Gasteiger partial charge in [0.25, 0.3) is 11.8 Å². The van der Waals surface area contributed by atoms with Gasteiger partial charge in [0.1, 0.15) is 29.4 Å². The summed E-state index contributed by atoms with van der Waals surface area (Å²) in [7, 11) is 0. The molecule has 0 bridgehead atoms. The number of carbonyl (C=O) groups is 4. The molecule has 6 aromatic rings. The van der Waals surface area contributed by atoms with E-state index in [0.29, 0.717) is 50.6 Å². The van der Waals surface area contributed by atoms with Gasteiger partial charge in [-0.1, -0.05) is 48.5 Å². The lowest BCUT2D eigenvalue weighted by atomic mass is 10.0. The van der Waals surface area contributed by atoms with Crippen molar-refractivity contribution in [2.24, 2.45) is 0 Å². The van der Waals surface area contributed by atoms with Gasteiger partial charge in [-0.2, -0.15) is 5.10 Å². The Morgan fingerprint density at radius 1 is 0.696 bits per heavy atom. The number of hydrogen-bond donors (Lipinski definition) is 2. The summed E-state index contributed by atoms with van der Waals surface area (Å²) in [6, 6.07) is 34.8. The van der Waals surface area contributed by atoms with Gasteiger partial charge in [-0.15, -0.1) is 0 Å². The van der Waals surface area contributed by atoms with Crippen LogP contribution in [0, 0.1) is 5.82 Å². The molecule has 1 heterocycles. The van der Waals surface area contributed by atoms with Gasteiger partial charge in [0.05, 0.1) is 30.0 Å². The second-order valence-corrected chi connectivity index (χ2v) is 12.2. The molecule has 1 aromatic heterocycles. The highest BCUT2D eigenvalue weighted by molar-refractivity contribution is 6.29. The van der Waals surface area contributed by atoms with Crippen LogP contribution >= 0.6 is 0 Å². The summed E-state index contributed by atoms with van der Waals surface area (Å²) in [5.41, 5.74) is 3.49. The molecule has 12 heteroatoms. The Bertz CT molecular complexity index is 2300. The molecule has 2 N–H and O–H groups in total. The summed E-state index contributed by atoms with van der Waals surface area (Å²) in [4.78, 5) is 52.5. The summed E-state index contributed by atoms with van der Waals surface area (Å²) < 4.78 is 32.0. The van der Waals surface area contributed by atoms with E-state index in [1.165, 1.54) is 60.7 Å². The zero-order valence-corrected chi connectivity index (χ0v) is 30.5. The van der Waals surface area contributed by atoms with Crippen molar-refractivity contribution in [3.05, 3.63) is 167 Å². The fourth-order valence-corrected chi connectivity index (χ4v) is 5.53. The van der Waals surface area contributed by atoms with E-state index in [4.69, 9.17) is 19.3 Å². The SMILES string of the molecule is CCOC(=O)c1ccc(NC(=O)C(=Cc2cn(-c3ccccc3)nc2-c2cccc(OCc3ccccc3F)c2)C(=O)Nc2ccc(C(=O)OCC)cc2)cc1. The highest BCUT2D eigenvalue weighted by Crippen LogP contribution is 2.30. The molecular formula is C44H37FN4O7. The number of para-hydroxylation sites is 1. The van der Waals surface area contributed by atoms with Crippen LogP contribution in [0.3, 0.4) is 0 Å². The van der Waals surface area contributed by atoms with Crippen molar-refractivity contribution in [3.63, 3.8) is 0 Å². The summed E-state index contributed by atoms with van der Waals surface area (Å²) >= 11 is 0. The number of nitrogens with one attached hydrogen (secondary N) is 2. The van der Waals surface area contributed by atoms with Crippen molar-refractivity contribution in [1.82, 2.24) is 9.78 Å². The first-order valence-electron chi connectivity index (χ1n) is 17.7.